The Labute approximate surface area is 119 Å². The second kappa shape index (κ2) is 6.13. The van der Waals surface area contributed by atoms with E-state index in [1.165, 1.54) is 0 Å². The molecule has 20 heavy (non-hydrogen) atoms. The number of aliphatic hydroxyl groups excluding tert-OH is 1. The lowest BCUT2D eigenvalue weighted by Crippen LogP contribution is -2.35. The lowest BCUT2D eigenvalue weighted by molar-refractivity contribution is 0.0698. The molecule has 5 nitrogen and oxygen atoms in total. The molecule has 1 atom stereocenters. The fraction of sp³-hybridized carbons (Fsp3) is 0.533. The topological polar surface area (TPSA) is 95.6 Å². The van der Waals surface area contributed by atoms with E-state index in [0.717, 1.165) is 5.56 Å². The van der Waals surface area contributed by atoms with Gasteiger partial charge in [0.1, 0.15) is 0 Å². The Morgan fingerprint density at radius 1 is 1.40 bits per heavy atom. The maximum absolute atomic E-state index is 11.2. The number of nitrogen functional groups attached to an aromatic ring is 1. The summed E-state index contributed by atoms with van der Waals surface area (Å²) >= 11 is 0. The summed E-state index contributed by atoms with van der Waals surface area (Å²) in [6, 6.07) is 3.41. The molecule has 112 valence electrons. The van der Waals surface area contributed by atoms with E-state index in [9.17, 15) is 4.79 Å². The molecule has 0 radical (unpaired) electrons. The summed E-state index contributed by atoms with van der Waals surface area (Å²) < 4.78 is 0. The van der Waals surface area contributed by atoms with Crippen molar-refractivity contribution >= 4 is 17.3 Å². The van der Waals surface area contributed by atoms with E-state index in [0.29, 0.717) is 12.1 Å². The zero-order valence-electron chi connectivity index (χ0n) is 12.5. The summed E-state index contributed by atoms with van der Waals surface area (Å²) in [7, 11) is 0. The Morgan fingerprint density at radius 2 is 2.00 bits per heavy atom. The molecule has 1 rings (SSSR count). The van der Waals surface area contributed by atoms with Gasteiger partial charge in [0.05, 0.1) is 5.56 Å². The molecule has 0 saturated carbocycles. The van der Waals surface area contributed by atoms with Crippen LogP contribution in [0.15, 0.2) is 12.1 Å². The van der Waals surface area contributed by atoms with Gasteiger partial charge in [-0.1, -0.05) is 20.8 Å². The second-order valence-electron chi connectivity index (χ2n) is 6.13. The highest BCUT2D eigenvalue weighted by atomic mass is 16.4. The van der Waals surface area contributed by atoms with E-state index in [1.54, 1.807) is 13.0 Å². The highest BCUT2D eigenvalue weighted by molar-refractivity contribution is 5.95. The van der Waals surface area contributed by atoms with Crippen molar-refractivity contribution in [2.45, 2.75) is 40.2 Å². The maximum atomic E-state index is 11.2. The minimum absolute atomic E-state index is 0.0390. The number of hydrogen-bond acceptors (Lipinski definition) is 4. The molecule has 0 aliphatic rings. The van der Waals surface area contributed by atoms with Gasteiger partial charge in [-0.2, -0.15) is 0 Å². The average Bonchev–Trinajstić information content (AvgIpc) is 2.31. The van der Waals surface area contributed by atoms with Gasteiger partial charge in [0.2, 0.25) is 0 Å². The van der Waals surface area contributed by atoms with Crippen molar-refractivity contribution in [3.63, 3.8) is 0 Å². The molecule has 0 heterocycles. The van der Waals surface area contributed by atoms with Crippen molar-refractivity contribution in [3.05, 3.63) is 23.3 Å². The molecule has 5 heteroatoms. The van der Waals surface area contributed by atoms with Gasteiger partial charge in [-0.3, -0.25) is 0 Å². The molecule has 1 aromatic carbocycles. The summed E-state index contributed by atoms with van der Waals surface area (Å²) in [6.45, 7) is 8.08. The number of nitrogens with two attached hydrogens (primary N) is 1. The van der Waals surface area contributed by atoms with Crippen LogP contribution < -0.4 is 11.1 Å². The fourth-order valence-corrected chi connectivity index (χ4v) is 2.11. The molecular weight excluding hydrogens is 256 g/mol. The van der Waals surface area contributed by atoms with Crippen LogP contribution in [-0.2, 0) is 0 Å². The van der Waals surface area contributed by atoms with E-state index in [2.05, 4.69) is 26.1 Å². The lowest BCUT2D eigenvalue weighted by atomic mass is 9.84. The molecule has 0 bridgehead atoms. The van der Waals surface area contributed by atoms with E-state index in [1.807, 2.05) is 6.07 Å². The summed E-state index contributed by atoms with van der Waals surface area (Å²) in [5.74, 6) is -1.04. The lowest BCUT2D eigenvalue weighted by Gasteiger charge is -2.32. The molecule has 5 N–H and O–H groups in total. The predicted molar refractivity (Wildman–Crippen MR) is 81.1 cm³/mol. The average molecular weight is 280 g/mol. The van der Waals surface area contributed by atoms with Crippen LogP contribution in [0.5, 0.6) is 0 Å². The van der Waals surface area contributed by atoms with Crippen LogP contribution in [0, 0.1) is 12.3 Å². The number of anilines is 2. The van der Waals surface area contributed by atoms with Crippen LogP contribution >= 0.6 is 0 Å². The van der Waals surface area contributed by atoms with Crippen molar-refractivity contribution in [3.8, 4) is 0 Å². The highest BCUT2D eigenvalue weighted by Gasteiger charge is 2.24. The molecule has 0 amide bonds. The van der Waals surface area contributed by atoms with Crippen LogP contribution in [0.2, 0.25) is 0 Å². The normalized spacial score (nSPS) is 13.1. The van der Waals surface area contributed by atoms with Crippen LogP contribution in [0.1, 0.15) is 43.1 Å². The molecule has 0 aliphatic heterocycles. The zero-order chi connectivity index (χ0) is 15.5. The van der Waals surface area contributed by atoms with Crippen LogP contribution in [-0.4, -0.2) is 28.8 Å². The number of benzene rings is 1. The SMILES string of the molecule is Cc1cc(NC(CCO)C(C)(C)C)cc(C(=O)O)c1N. The van der Waals surface area contributed by atoms with Gasteiger partial charge in [0.15, 0.2) is 0 Å². The Bertz CT molecular complexity index is 493. The number of nitrogens with one attached hydrogen (secondary N) is 1. The summed E-state index contributed by atoms with van der Waals surface area (Å²) in [6.07, 6.45) is 0.593. The van der Waals surface area contributed by atoms with Gasteiger partial charge in [-0.05, 0) is 36.5 Å². The Morgan fingerprint density at radius 3 is 2.45 bits per heavy atom. The molecular formula is C15H24N2O3. The van der Waals surface area contributed by atoms with Crippen LogP contribution in [0.3, 0.4) is 0 Å². The molecule has 1 unspecified atom stereocenters. The number of aliphatic hydroxyl groups is 1. The number of carboxylic acids is 1. The Kier molecular flexibility index (Phi) is 5.00. The summed E-state index contributed by atoms with van der Waals surface area (Å²) in [5, 5.41) is 21.6. The van der Waals surface area contributed by atoms with Crippen molar-refractivity contribution in [2.75, 3.05) is 17.7 Å². The third-order valence-electron chi connectivity index (χ3n) is 3.42. The third-order valence-corrected chi connectivity index (χ3v) is 3.42. The number of rotatable bonds is 5. The quantitative estimate of drug-likeness (QED) is 0.621. The smallest absolute Gasteiger partial charge is 0.337 e. The molecule has 0 aliphatic carbocycles. The largest absolute Gasteiger partial charge is 0.478 e. The summed E-state index contributed by atoms with van der Waals surface area (Å²) in [5.41, 5.74) is 7.55. The molecule has 0 spiro atoms. The first-order valence-electron chi connectivity index (χ1n) is 6.67. The number of aromatic carboxylic acids is 1. The van der Waals surface area contributed by atoms with Gasteiger partial charge >= 0.3 is 5.97 Å². The summed E-state index contributed by atoms with van der Waals surface area (Å²) in [4.78, 5) is 11.2. The number of hydrogen-bond donors (Lipinski definition) is 4. The molecule has 1 aromatic rings. The minimum atomic E-state index is -1.04. The zero-order valence-corrected chi connectivity index (χ0v) is 12.5. The van der Waals surface area contributed by atoms with E-state index in [4.69, 9.17) is 15.9 Å². The number of carbonyl (C=O) groups is 1. The van der Waals surface area contributed by atoms with E-state index < -0.39 is 5.97 Å². The van der Waals surface area contributed by atoms with Gasteiger partial charge in [0, 0.05) is 24.0 Å². The maximum Gasteiger partial charge on any atom is 0.337 e. The van der Waals surface area contributed by atoms with Crippen LogP contribution in [0.4, 0.5) is 11.4 Å². The van der Waals surface area contributed by atoms with Gasteiger partial charge in [-0.15, -0.1) is 0 Å². The minimum Gasteiger partial charge on any atom is -0.478 e. The van der Waals surface area contributed by atoms with Gasteiger partial charge in [-0.25, -0.2) is 4.79 Å². The van der Waals surface area contributed by atoms with Crippen molar-refractivity contribution in [1.29, 1.82) is 0 Å². The van der Waals surface area contributed by atoms with Gasteiger partial charge in [0.25, 0.3) is 0 Å². The van der Waals surface area contributed by atoms with Crippen LogP contribution in [0.25, 0.3) is 0 Å². The highest BCUT2D eigenvalue weighted by Crippen LogP contribution is 2.28. The number of aryl methyl sites for hydroxylation is 1. The molecule has 0 saturated heterocycles. The standard InChI is InChI=1S/C15H24N2O3/c1-9-7-10(8-11(13(9)16)14(19)20)17-12(5-6-18)15(2,3)4/h7-8,12,17-18H,5-6,16H2,1-4H3,(H,19,20). The second-order valence-corrected chi connectivity index (χ2v) is 6.13. The fourth-order valence-electron chi connectivity index (χ4n) is 2.11. The first-order chi connectivity index (χ1) is 9.16. The first kappa shape index (κ1) is 16.3. The predicted octanol–water partition coefficient (Wildman–Crippen LogP) is 2.48. The Balaban J connectivity index is 3.11. The molecule has 0 fully saturated rings. The monoisotopic (exact) mass is 280 g/mol. The van der Waals surface area contributed by atoms with Crippen molar-refractivity contribution in [1.82, 2.24) is 0 Å². The Hall–Kier alpha value is -1.75. The van der Waals surface area contributed by atoms with E-state index in [-0.39, 0.29) is 29.3 Å². The first-order valence-corrected chi connectivity index (χ1v) is 6.67. The van der Waals surface area contributed by atoms with Crippen molar-refractivity contribution in [2.24, 2.45) is 5.41 Å². The van der Waals surface area contributed by atoms with Crippen molar-refractivity contribution < 1.29 is 15.0 Å². The van der Waals surface area contributed by atoms with E-state index >= 15 is 0 Å². The molecule has 0 aromatic heterocycles. The number of carboxylic acid groups (broad SMARTS) is 1. The third kappa shape index (κ3) is 3.87. The van der Waals surface area contributed by atoms with Gasteiger partial charge < -0.3 is 21.3 Å².